The molecule has 1 fully saturated rings. The van der Waals surface area contributed by atoms with E-state index in [1.165, 1.54) is 22.3 Å². The number of nitrogens with zero attached hydrogens (tertiary/aromatic N) is 1. The van der Waals surface area contributed by atoms with Gasteiger partial charge in [-0.25, -0.2) is 9.59 Å². The molecule has 0 unspecified atom stereocenters. The number of rotatable bonds is 6. The molecule has 1 aliphatic rings. The van der Waals surface area contributed by atoms with Crippen molar-refractivity contribution < 1.29 is 19.8 Å². The van der Waals surface area contributed by atoms with E-state index in [-0.39, 0.29) is 0 Å². The summed E-state index contributed by atoms with van der Waals surface area (Å²) in [4.78, 5) is 21.7. The maximum absolute atomic E-state index is 9.55. The summed E-state index contributed by atoms with van der Waals surface area (Å²) in [6.45, 7) is 3.32. The van der Waals surface area contributed by atoms with Gasteiger partial charge in [-0.05, 0) is 35.1 Å². The number of benzene rings is 3. The van der Waals surface area contributed by atoms with Gasteiger partial charge in [-0.2, -0.15) is 0 Å². The van der Waals surface area contributed by atoms with Crippen molar-refractivity contribution in [2.75, 3.05) is 13.1 Å². The van der Waals surface area contributed by atoms with Crippen molar-refractivity contribution in [1.29, 1.82) is 0 Å². The summed E-state index contributed by atoms with van der Waals surface area (Å²) >= 11 is 0. The number of likely N-dealkylation sites (tertiary alicyclic amines) is 1. The summed E-state index contributed by atoms with van der Waals surface area (Å²) in [6, 6.07) is 32.5. The predicted molar refractivity (Wildman–Crippen MR) is 134 cm³/mol. The molecule has 5 heteroatoms. The van der Waals surface area contributed by atoms with Crippen LogP contribution in [0.2, 0.25) is 0 Å². The third-order valence-electron chi connectivity index (χ3n) is 5.56. The predicted octanol–water partition coefficient (Wildman–Crippen LogP) is 5.50. The number of piperidine rings is 1. The van der Waals surface area contributed by atoms with Crippen molar-refractivity contribution in [3.05, 3.63) is 125 Å². The number of hydrogen-bond acceptors (Lipinski definition) is 3. The van der Waals surface area contributed by atoms with E-state index in [4.69, 9.17) is 10.2 Å². The molecule has 0 saturated carbocycles. The van der Waals surface area contributed by atoms with Crippen LogP contribution in [-0.4, -0.2) is 40.1 Å². The first kappa shape index (κ1) is 24.7. The average Bonchev–Trinajstić information content (AvgIpc) is 2.86. The van der Waals surface area contributed by atoms with Crippen LogP contribution in [0.15, 0.2) is 109 Å². The molecule has 34 heavy (non-hydrogen) atoms. The second-order valence-electron chi connectivity index (χ2n) is 7.98. The Morgan fingerprint density at radius 1 is 0.676 bits per heavy atom. The van der Waals surface area contributed by atoms with Gasteiger partial charge in [-0.1, -0.05) is 96.6 Å². The van der Waals surface area contributed by atoms with Crippen molar-refractivity contribution in [1.82, 2.24) is 4.90 Å². The third kappa shape index (κ3) is 7.87. The van der Waals surface area contributed by atoms with E-state index >= 15 is 0 Å². The molecule has 1 heterocycles. The Labute approximate surface area is 200 Å². The monoisotopic (exact) mass is 455 g/mol. The molecule has 0 atom stereocenters. The maximum Gasteiger partial charge on any atom is 0.328 e. The van der Waals surface area contributed by atoms with Gasteiger partial charge >= 0.3 is 11.9 Å². The number of hydrogen-bond donors (Lipinski definition) is 2. The lowest BCUT2D eigenvalue weighted by molar-refractivity contribution is -0.134. The molecule has 1 aliphatic heterocycles. The highest BCUT2D eigenvalue weighted by Gasteiger charge is 2.19. The Balaban J connectivity index is 0.000000350. The zero-order chi connectivity index (χ0) is 24.2. The second-order valence-corrected chi connectivity index (χ2v) is 7.98. The molecular formula is C29H29NO4. The number of carboxylic acid groups (broad SMARTS) is 2. The Morgan fingerprint density at radius 3 is 1.50 bits per heavy atom. The molecule has 0 bridgehead atoms. The van der Waals surface area contributed by atoms with Crippen molar-refractivity contribution in [2.24, 2.45) is 0 Å². The van der Waals surface area contributed by atoms with Gasteiger partial charge in [0.15, 0.2) is 0 Å². The number of carbonyl (C=O) groups is 2. The molecular weight excluding hydrogens is 426 g/mol. The molecule has 0 spiro atoms. The van der Waals surface area contributed by atoms with Gasteiger partial charge in [0.2, 0.25) is 0 Å². The lowest BCUT2D eigenvalue weighted by Gasteiger charge is -2.30. The van der Waals surface area contributed by atoms with Crippen LogP contribution in [0.3, 0.4) is 0 Å². The third-order valence-corrected chi connectivity index (χ3v) is 5.56. The molecule has 5 nitrogen and oxygen atoms in total. The van der Waals surface area contributed by atoms with Gasteiger partial charge < -0.3 is 10.2 Å². The van der Waals surface area contributed by atoms with E-state index in [0.717, 1.165) is 32.5 Å². The fourth-order valence-corrected chi connectivity index (χ4v) is 4.00. The van der Waals surface area contributed by atoms with E-state index < -0.39 is 11.9 Å². The standard InChI is InChI=1S/C25H25N.C4H4O4/c1-4-10-21(11-5-1)20-26-18-16-24(17-19-26)25(22-12-6-2-7-13-22)23-14-8-3-9-15-23;5-3(6)1-2-4(7)8/h1-15H,16-20H2;1-2H,(H,5,6)(H,7,8)/b;2-1-. The van der Waals surface area contributed by atoms with Crippen LogP contribution in [0.5, 0.6) is 0 Å². The lowest BCUT2D eigenvalue weighted by atomic mass is 9.88. The van der Waals surface area contributed by atoms with Crippen LogP contribution >= 0.6 is 0 Å². The Bertz CT molecular complexity index is 1060. The van der Waals surface area contributed by atoms with Crippen molar-refractivity contribution in [2.45, 2.75) is 19.4 Å². The van der Waals surface area contributed by atoms with E-state index in [2.05, 4.69) is 95.9 Å². The van der Waals surface area contributed by atoms with Crippen molar-refractivity contribution >= 4 is 17.5 Å². The van der Waals surface area contributed by atoms with E-state index in [1.54, 1.807) is 5.57 Å². The van der Waals surface area contributed by atoms with E-state index in [0.29, 0.717) is 12.2 Å². The molecule has 3 aromatic rings. The minimum Gasteiger partial charge on any atom is -0.478 e. The summed E-state index contributed by atoms with van der Waals surface area (Å²) < 4.78 is 0. The summed E-state index contributed by atoms with van der Waals surface area (Å²) in [6.07, 6.45) is 3.41. The van der Waals surface area contributed by atoms with Crippen LogP contribution in [0.4, 0.5) is 0 Å². The fourth-order valence-electron chi connectivity index (χ4n) is 4.00. The highest BCUT2D eigenvalue weighted by Crippen LogP contribution is 2.32. The number of aliphatic carboxylic acids is 2. The minimum atomic E-state index is -1.26. The molecule has 4 rings (SSSR count). The molecule has 0 amide bonds. The quantitative estimate of drug-likeness (QED) is 0.480. The Kier molecular flexibility index (Phi) is 9.38. The normalized spacial score (nSPS) is 13.7. The first-order valence-electron chi connectivity index (χ1n) is 11.3. The molecule has 2 N–H and O–H groups in total. The largest absolute Gasteiger partial charge is 0.478 e. The highest BCUT2D eigenvalue weighted by atomic mass is 16.4. The summed E-state index contributed by atoms with van der Waals surface area (Å²) in [5.41, 5.74) is 7.11. The summed E-state index contributed by atoms with van der Waals surface area (Å²) in [7, 11) is 0. The minimum absolute atomic E-state index is 0.558. The van der Waals surface area contributed by atoms with Gasteiger partial charge in [0.05, 0.1) is 0 Å². The average molecular weight is 456 g/mol. The summed E-state index contributed by atoms with van der Waals surface area (Å²) in [5.74, 6) is -2.51. The maximum atomic E-state index is 9.55. The number of carboxylic acids is 2. The van der Waals surface area contributed by atoms with Crippen LogP contribution in [0.25, 0.3) is 5.57 Å². The molecule has 1 saturated heterocycles. The first-order chi connectivity index (χ1) is 16.5. The van der Waals surface area contributed by atoms with Gasteiger partial charge in [0, 0.05) is 31.8 Å². The molecule has 3 aromatic carbocycles. The van der Waals surface area contributed by atoms with Crippen LogP contribution < -0.4 is 0 Å². The van der Waals surface area contributed by atoms with Crippen molar-refractivity contribution in [3.63, 3.8) is 0 Å². The smallest absolute Gasteiger partial charge is 0.328 e. The zero-order valence-electron chi connectivity index (χ0n) is 19.0. The van der Waals surface area contributed by atoms with Gasteiger partial charge in [0.25, 0.3) is 0 Å². The molecule has 0 radical (unpaired) electrons. The van der Waals surface area contributed by atoms with Gasteiger partial charge in [0.1, 0.15) is 0 Å². The second kappa shape index (κ2) is 12.9. The molecule has 174 valence electrons. The molecule has 0 aliphatic carbocycles. The highest BCUT2D eigenvalue weighted by molar-refractivity contribution is 5.89. The van der Waals surface area contributed by atoms with Crippen LogP contribution in [-0.2, 0) is 16.1 Å². The van der Waals surface area contributed by atoms with Crippen LogP contribution in [0.1, 0.15) is 29.5 Å². The molecule has 0 aromatic heterocycles. The van der Waals surface area contributed by atoms with Gasteiger partial charge in [-0.15, -0.1) is 0 Å². The SMILES string of the molecule is O=C(O)/C=C\C(=O)O.c1ccc(CN2CCC(=C(c3ccccc3)c3ccccc3)CC2)cc1. The zero-order valence-corrected chi connectivity index (χ0v) is 19.0. The Hall–Kier alpha value is -3.96. The van der Waals surface area contributed by atoms with Crippen molar-refractivity contribution in [3.8, 4) is 0 Å². The Morgan fingerprint density at radius 2 is 1.09 bits per heavy atom. The van der Waals surface area contributed by atoms with Crippen LogP contribution in [0, 0.1) is 0 Å². The first-order valence-corrected chi connectivity index (χ1v) is 11.3. The fraction of sp³-hybridized carbons (Fsp3) is 0.172. The van der Waals surface area contributed by atoms with E-state index in [1.807, 2.05) is 0 Å². The topological polar surface area (TPSA) is 77.8 Å². The van der Waals surface area contributed by atoms with E-state index in [9.17, 15) is 9.59 Å². The lowest BCUT2D eigenvalue weighted by Crippen LogP contribution is -2.30. The van der Waals surface area contributed by atoms with Gasteiger partial charge in [-0.3, -0.25) is 4.90 Å². The summed E-state index contributed by atoms with van der Waals surface area (Å²) in [5, 5.41) is 15.6.